The first-order chi connectivity index (χ1) is 16.6. The second-order valence-electron chi connectivity index (χ2n) is 7.51. The number of nitrogens with zero attached hydrogens (tertiary/aromatic N) is 5. The second kappa shape index (κ2) is 9.48. The van der Waals surface area contributed by atoms with Crippen molar-refractivity contribution in [1.82, 2.24) is 19.8 Å². The van der Waals surface area contributed by atoms with Crippen LogP contribution in [0.15, 0.2) is 95.2 Å². The number of aromatic nitrogens is 3. The predicted molar refractivity (Wildman–Crippen MR) is 128 cm³/mol. The molecule has 0 spiro atoms. The monoisotopic (exact) mass is 473 g/mol. The van der Waals surface area contributed by atoms with Crippen LogP contribution in [0, 0.1) is 5.82 Å². The number of hydrazone groups is 1. The van der Waals surface area contributed by atoms with E-state index in [4.69, 9.17) is 4.74 Å². The molecule has 1 aromatic heterocycles. The molecule has 0 saturated heterocycles. The Morgan fingerprint density at radius 1 is 0.971 bits per heavy atom. The van der Waals surface area contributed by atoms with Gasteiger partial charge in [-0.2, -0.15) is 5.01 Å². The number of halogens is 1. The lowest BCUT2D eigenvalue weighted by molar-refractivity contribution is -0.135. The molecular weight excluding hydrogens is 453 g/mol. The number of hydrogen-bond acceptors (Lipinski definition) is 6. The zero-order valence-corrected chi connectivity index (χ0v) is 19.0. The van der Waals surface area contributed by atoms with Crippen molar-refractivity contribution in [2.24, 2.45) is 5.10 Å². The van der Waals surface area contributed by atoms with Crippen LogP contribution in [0.4, 0.5) is 4.39 Å². The van der Waals surface area contributed by atoms with Gasteiger partial charge in [0.2, 0.25) is 18.0 Å². The van der Waals surface area contributed by atoms with Gasteiger partial charge in [0.15, 0.2) is 11.0 Å². The van der Waals surface area contributed by atoms with E-state index in [-0.39, 0.29) is 11.7 Å². The van der Waals surface area contributed by atoms with E-state index in [0.717, 1.165) is 17.1 Å². The number of amides is 1. The highest BCUT2D eigenvalue weighted by Gasteiger charge is 2.32. The zero-order chi connectivity index (χ0) is 23.5. The molecule has 2 heterocycles. The molecule has 1 aliphatic rings. The summed E-state index contributed by atoms with van der Waals surface area (Å²) in [6.45, 7) is 1.41. The van der Waals surface area contributed by atoms with Gasteiger partial charge in [-0.25, -0.2) is 4.39 Å². The van der Waals surface area contributed by atoms with E-state index in [9.17, 15) is 9.18 Å². The Morgan fingerprint density at radius 2 is 1.65 bits per heavy atom. The summed E-state index contributed by atoms with van der Waals surface area (Å²) < 4.78 is 21.3. The third-order valence-electron chi connectivity index (χ3n) is 5.17. The molecule has 1 aliphatic heterocycles. The summed E-state index contributed by atoms with van der Waals surface area (Å²) in [5.41, 5.74) is 2.51. The van der Waals surface area contributed by atoms with E-state index in [1.54, 1.807) is 12.1 Å². The summed E-state index contributed by atoms with van der Waals surface area (Å²) in [4.78, 5) is 12.1. The SMILES string of the molecule is CC(=O)N1N=C(CSc2nnc(-c3ccccc3)n2-c2ccccc2)OC1c1ccc(F)cc1. The molecule has 0 bridgehead atoms. The molecule has 1 atom stereocenters. The van der Waals surface area contributed by atoms with Crippen molar-refractivity contribution >= 4 is 23.6 Å². The van der Waals surface area contributed by atoms with Gasteiger partial charge < -0.3 is 4.74 Å². The van der Waals surface area contributed by atoms with Crippen molar-refractivity contribution in [2.75, 3.05) is 5.75 Å². The van der Waals surface area contributed by atoms with E-state index < -0.39 is 6.23 Å². The highest BCUT2D eigenvalue weighted by atomic mass is 32.2. The Bertz CT molecular complexity index is 1330. The number of ether oxygens (including phenoxy) is 1. The van der Waals surface area contributed by atoms with Crippen LogP contribution in [0.5, 0.6) is 0 Å². The lowest BCUT2D eigenvalue weighted by atomic mass is 10.2. The molecule has 0 fully saturated rings. The van der Waals surface area contributed by atoms with Crippen LogP contribution in [0.1, 0.15) is 18.7 Å². The van der Waals surface area contributed by atoms with E-state index >= 15 is 0 Å². The van der Waals surface area contributed by atoms with Crippen molar-refractivity contribution in [1.29, 1.82) is 0 Å². The predicted octanol–water partition coefficient (Wildman–Crippen LogP) is 5.06. The molecule has 0 radical (unpaired) electrons. The minimum absolute atomic E-state index is 0.270. The second-order valence-corrected chi connectivity index (χ2v) is 8.45. The first kappa shape index (κ1) is 21.8. The first-order valence-electron chi connectivity index (χ1n) is 10.6. The van der Waals surface area contributed by atoms with Gasteiger partial charge in [-0.05, 0) is 24.3 Å². The molecule has 1 amide bonds. The van der Waals surface area contributed by atoms with Gasteiger partial charge in [-0.15, -0.1) is 15.3 Å². The molecule has 1 unspecified atom stereocenters. The third kappa shape index (κ3) is 4.42. The summed E-state index contributed by atoms with van der Waals surface area (Å²) in [6, 6.07) is 25.5. The molecule has 170 valence electrons. The Balaban J connectivity index is 1.41. The average molecular weight is 474 g/mol. The number of rotatable bonds is 6. The minimum atomic E-state index is -0.736. The summed E-state index contributed by atoms with van der Waals surface area (Å²) in [5.74, 6) is 0.799. The average Bonchev–Trinajstić information content (AvgIpc) is 3.49. The van der Waals surface area contributed by atoms with Crippen molar-refractivity contribution in [2.45, 2.75) is 18.3 Å². The summed E-state index contributed by atoms with van der Waals surface area (Å²) in [7, 11) is 0. The molecule has 3 aromatic carbocycles. The van der Waals surface area contributed by atoms with Crippen LogP contribution in [-0.4, -0.2) is 37.3 Å². The summed E-state index contributed by atoms with van der Waals surface area (Å²) in [5, 5.41) is 15.1. The number of carbonyl (C=O) groups excluding carboxylic acids is 1. The van der Waals surface area contributed by atoms with Crippen LogP contribution in [0.2, 0.25) is 0 Å². The normalized spacial score (nSPS) is 15.2. The maximum Gasteiger partial charge on any atom is 0.243 e. The van der Waals surface area contributed by atoms with Gasteiger partial charge in [0.05, 0.1) is 5.75 Å². The van der Waals surface area contributed by atoms with Crippen LogP contribution in [0.25, 0.3) is 17.1 Å². The zero-order valence-electron chi connectivity index (χ0n) is 18.2. The molecule has 0 saturated carbocycles. The first-order valence-corrected chi connectivity index (χ1v) is 11.6. The Labute approximate surface area is 199 Å². The molecule has 9 heteroatoms. The number of hydrogen-bond donors (Lipinski definition) is 0. The Morgan fingerprint density at radius 3 is 2.32 bits per heavy atom. The van der Waals surface area contributed by atoms with Crippen LogP contribution < -0.4 is 0 Å². The van der Waals surface area contributed by atoms with Crippen LogP contribution >= 0.6 is 11.8 Å². The molecule has 5 rings (SSSR count). The number of benzene rings is 3. The third-order valence-corrected chi connectivity index (χ3v) is 6.09. The Hall–Kier alpha value is -3.98. The van der Waals surface area contributed by atoms with Gasteiger partial charge in [-0.1, -0.05) is 72.4 Å². The van der Waals surface area contributed by atoms with Crippen molar-refractivity contribution < 1.29 is 13.9 Å². The van der Waals surface area contributed by atoms with E-state index in [1.165, 1.54) is 35.8 Å². The van der Waals surface area contributed by atoms with Gasteiger partial charge in [0, 0.05) is 23.7 Å². The topological polar surface area (TPSA) is 72.6 Å². The lowest BCUT2D eigenvalue weighted by Gasteiger charge is -2.19. The quantitative estimate of drug-likeness (QED) is 0.366. The van der Waals surface area contributed by atoms with E-state index in [2.05, 4.69) is 15.3 Å². The maximum absolute atomic E-state index is 13.3. The highest BCUT2D eigenvalue weighted by Crippen LogP contribution is 2.32. The largest absolute Gasteiger partial charge is 0.449 e. The van der Waals surface area contributed by atoms with E-state index in [0.29, 0.717) is 22.4 Å². The van der Waals surface area contributed by atoms with Gasteiger partial charge in [0.1, 0.15) is 5.82 Å². The van der Waals surface area contributed by atoms with Crippen molar-refractivity contribution in [3.05, 3.63) is 96.3 Å². The standard InChI is InChI=1S/C25H20FN5O2S/c1-17(32)31-24(19-12-14-20(26)15-13-19)33-22(29-31)16-34-25-28-27-23(18-8-4-2-5-9-18)30(25)21-10-6-3-7-11-21/h2-15,24H,16H2,1H3. The fourth-order valence-corrected chi connectivity index (χ4v) is 4.38. The van der Waals surface area contributed by atoms with Gasteiger partial charge >= 0.3 is 0 Å². The van der Waals surface area contributed by atoms with Crippen molar-refractivity contribution in [3.8, 4) is 17.1 Å². The van der Waals surface area contributed by atoms with Crippen LogP contribution in [-0.2, 0) is 9.53 Å². The molecule has 0 aliphatic carbocycles. The van der Waals surface area contributed by atoms with Crippen LogP contribution in [0.3, 0.4) is 0 Å². The summed E-state index contributed by atoms with van der Waals surface area (Å²) >= 11 is 1.40. The maximum atomic E-state index is 13.3. The van der Waals surface area contributed by atoms with E-state index in [1.807, 2.05) is 65.2 Å². The highest BCUT2D eigenvalue weighted by molar-refractivity contribution is 7.99. The minimum Gasteiger partial charge on any atom is -0.449 e. The molecule has 0 N–H and O–H groups in total. The molecular formula is C25H20FN5O2S. The fourth-order valence-electron chi connectivity index (χ4n) is 3.58. The number of carbonyl (C=O) groups is 1. The summed E-state index contributed by atoms with van der Waals surface area (Å²) in [6.07, 6.45) is -0.736. The van der Waals surface area contributed by atoms with Gasteiger partial charge in [0.25, 0.3) is 0 Å². The molecule has 7 nitrogen and oxygen atoms in total. The lowest BCUT2D eigenvalue weighted by Crippen LogP contribution is -2.25. The van der Waals surface area contributed by atoms with Gasteiger partial charge in [-0.3, -0.25) is 9.36 Å². The molecule has 4 aromatic rings. The number of thioether (sulfide) groups is 1. The molecule has 34 heavy (non-hydrogen) atoms. The smallest absolute Gasteiger partial charge is 0.243 e. The Kier molecular flexibility index (Phi) is 6.09. The fraction of sp³-hybridized carbons (Fsp3) is 0.120. The van der Waals surface area contributed by atoms with Crippen molar-refractivity contribution in [3.63, 3.8) is 0 Å². The number of para-hydroxylation sites is 1.